The molecule has 0 atom stereocenters. The molecule has 0 aromatic carbocycles. The van der Waals surface area contributed by atoms with Gasteiger partial charge in [0.25, 0.3) is 0 Å². The van der Waals surface area contributed by atoms with E-state index in [4.69, 9.17) is 0 Å². The number of rotatable bonds is 3. The minimum absolute atomic E-state index is 0.973. The van der Waals surface area contributed by atoms with Crippen LogP contribution in [0.3, 0.4) is 0 Å². The predicted octanol–water partition coefficient (Wildman–Crippen LogP) is 3.43. The molecule has 0 N–H and O–H groups in total. The highest BCUT2D eigenvalue weighted by atomic mass is 127. The maximum Gasteiger partial charge on any atom is 0.213 e. The van der Waals surface area contributed by atoms with Crippen LogP contribution in [0.4, 0.5) is 0 Å². The zero-order chi connectivity index (χ0) is 6.62. The van der Waals surface area contributed by atoms with Crippen molar-refractivity contribution < 1.29 is 0 Å². The summed E-state index contributed by atoms with van der Waals surface area (Å²) >= 11 is 5.09. The molecular formula is C5H10I2Si. The van der Waals surface area contributed by atoms with Crippen LogP contribution in [0.15, 0.2) is 12.3 Å². The summed E-state index contributed by atoms with van der Waals surface area (Å²) in [5, 5.41) is 0. The van der Waals surface area contributed by atoms with Gasteiger partial charge in [0.1, 0.15) is 0 Å². The Morgan fingerprint density at radius 3 is 2.25 bits per heavy atom. The maximum atomic E-state index is 3.80. The van der Waals surface area contributed by atoms with Gasteiger partial charge in [0.05, 0.1) is 0 Å². The van der Waals surface area contributed by atoms with E-state index in [0.717, 1.165) is 0 Å². The zero-order valence-corrected chi connectivity index (χ0v) is 10.3. The van der Waals surface area contributed by atoms with E-state index in [0.29, 0.717) is 0 Å². The maximum absolute atomic E-state index is 3.80. The molecule has 0 radical (unpaired) electrons. The van der Waals surface area contributed by atoms with E-state index in [2.05, 4.69) is 62.8 Å². The molecule has 8 heavy (non-hydrogen) atoms. The van der Waals surface area contributed by atoms with Crippen LogP contribution in [0.25, 0.3) is 0 Å². The van der Waals surface area contributed by atoms with Gasteiger partial charge in [0.15, 0.2) is 0 Å². The van der Waals surface area contributed by atoms with E-state index < -0.39 is 3.07 Å². The Morgan fingerprint density at radius 2 is 2.12 bits per heavy atom. The highest BCUT2D eigenvalue weighted by Gasteiger charge is 2.18. The lowest BCUT2D eigenvalue weighted by Crippen LogP contribution is -2.10. The molecule has 0 saturated heterocycles. The Hall–Kier alpha value is 1.42. The first-order valence-corrected chi connectivity index (χ1v) is 11.1. The highest BCUT2D eigenvalue weighted by Crippen LogP contribution is 2.28. The van der Waals surface area contributed by atoms with Crippen LogP contribution in [-0.4, -0.2) is 3.07 Å². The lowest BCUT2D eigenvalue weighted by Gasteiger charge is -2.08. The van der Waals surface area contributed by atoms with Gasteiger partial charge in [0.2, 0.25) is 3.07 Å². The van der Waals surface area contributed by atoms with Crippen molar-refractivity contribution in [3.63, 3.8) is 0 Å². The van der Waals surface area contributed by atoms with Gasteiger partial charge in [-0.2, -0.15) is 0 Å². The summed E-state index contributed by atoms with van der Waals surface area (Å²) in [7, 11) is 0. The van der Waals surface area contributed by atoms with Crippen molar-refractivity contribution in [2.75, 3.05) is 0 Å². The van der Waals surface area contributed by atoms with Gasteiger partial charge in [-0.05, 0) is 6.04 Å². The first-order chi connectivity index (χ1) is 3.62. The van der Waals surface area contributed by atoms with Crippen molar-refractivity contribution in [3.8, 4) is 0 Å². The lowest BCUT2D eigenvalue weighted by atomic mass is 10.6. The molecule has 0 aromatic heterocycles. The van der Waals surface area contributed by atoms with E-state index >= 15 is 0 Å². The molecule has 48 valence electrons. The summed E-state index contributed by atoms with van der Waals surface area (Å²) in [5.74, 6) is 0. The second-order valence-electron chi connectivity index (χ2n) is 1.72. The molecule has 0 amide bonds. The second kappa shape index (κ2) is 4.27. The van der Waals surface area contributed by atoms with Gasteiger partial charge in [-0.1, -0.05) is 62.6 Å². The number of hydrogen-bond acceptors (Lipinski definition) is 0. The molecule has 0 heterocycles. The third-order valence-electron chi connectivity index (χ3n) is 0.882. The Kier molecular flexibility index (Phi) is 5.02. The number of hydrogen-bond donors (Lipinski definition) is 0. The first kappa shape index (κ1) is 9.42. The van der Waals surface area contributed by atoms with E-state index in [1.165, 1.54) is 12.5 Å². The van der Waals surface area contributed by atoms with Gasteiger partial charge < -0.3 is 0 Å². The van der Waals surface area contributed by atoms with Crippen LogP contribution in [0.1, 0.15) is 13.3 Å². The fourth-order valence-corrected chi connectivity index (χ4v) is 4.54. The third kappa shape index (κ3) is 4.31. The molecule has 0 aromatic rings. The highest BCUT2D eigenvalue weighted by molar-refractivity contribution is 14.3. The molecule has 0 aliphatic carbocycles. The third-order valence-corrected chi connectivity index (χ3v) is 8.52. The largest absolute Gasteiger partial charge is 0.213 e. The predicted molar refractivity (Wildman–Crippen MR) is 59.1 cm³/mol. The zero-order valence-electron chi connectivity index (χ0n) is 4.95. The monoisotopic (exact) mass is 352 g/mol. The quantitative estimate of drug-likeness (QED) is 0.415. The number of halogens is 2. The Bertz CT molecular complexity index is 80.5. The minimum Gasteiger partial charge on any atom is -0.105 e. The Balaban J connectivity index is 3.53. The fraction of sp³-hybridized carbons (Fsp3) is 0.600. The van der Waals surface area contributed by atoms with Crippen molar-refractivity contribution in [3.05, 3.63) is 12.3 Å². The minimum atomic E-state index is -0.973. The van der Waals surface area contributed by atoms with Crippen molar-refractivity contribution >= 4 is 46.7 Å². The summed E-state index contributed by atoms with van der Waals surface area (Å²) in [6.07, 6.45) is 1.30. The normalized spacial score (nSPS) is 11.4. The SMILES string of the molecule is C=C[Si](I)(I)CCC. The molecule has 0 fully saturated rings. The topological polar surface area (TPSA) is 0 Å². The molecule has 0 rings (SSSR count). The molecular weight excluding hydrogens is 342 g/mol. The lowest BCUT2D eigenvalue weighted by molar-refractivity contribution is 1.08. The van der Waals surface area contributed by atoms with Gasteiger partial charge in [0, 0.05) is 0 Å². The van der Waals surface area contributed by atoms with Crippen LogP contribution in [0, 0.1) is 0 Å². The summed E-state index contributed by atoms with van der Waals surface area (Å²) in [4.78, 5) is 0. The van der Waals surface area contributed by atoms with E-state index in [9.17, 15) is 0 Å². The first-order valence-electron chi connectivity index (χ1n) is 2.64. The Morgan fingerprint density at radius 1 is 1.62 bits per heavy atom. The van der Waals surface area contributed by atoms with Gasteiger partial charge in [-0.15, -0.1) is 6.58 Å². The molecule has 0 aliphatic rings. The van der Waals surface area contributed by atoms with Crippen molar-refractivity contribution in [2.24, 2.45) is 0 Å². The molecule has 0 nitrogen and oxygen atoms in total. The van der Waals surface area contributed by atoms with Gasteiger partial charge in [-0.25, -0.2) is 0 Å². The molecule has 0 unspecified atom stereocenters. The summed E-state index contributed by atoms with van der Waals surface area (Å²) in [5.41, 5.74) is 2.14. The van der Waals surface area contributed by atoms with E-state index in [1.54, 1.807) is 0 Å². The van der Waals surface area contributed by atoms with Crippen LogP contribution >= 0.6 is 43.6 Å². The van der Waals surface area contributed by atoms with Gasteiger partial charge >= 0.3 is 0 Å². The van der Waals surface area contributed by atoms with Crippen LogP contribution < -0.4 is 0 Å². The smallest absolute Gasteiger partial charge is 0.105 e. The summed E-state index contributed by atoms with van der Waals surface area (Å²) in [6.45, 7) is 6.02. The standard InChI is InChI=1S/C5H10I2Si/c1-3-5-8(6,7)4-2/h4H,2-3,5H2,1H3. The molecule has 3 heteroatoms. The van der Waals surface area contributed by atoms with Crippen LogP contribution in [0.2, 0.25) is 6.04 Å². The average Bonchev–Trinajstić information content (AvgIpc) is 1.67. The van der Waals surface area contributed by atoms with Crippen LogP contribution in [0.5, 0.6) is 0 Å². The van der Waals surface area contributed by atoms with E-state index in [1.807, 2.05) is 0 Å². The second-order valence-corrected chi connectivity index (χ2v) is 21.9. The van der Waals surface area contributed by atoms with E-state index in [-0.39, 0.29) is 0 Å². The van der Waals surface area contributed by atoms with Crippen LogP contribution in [-0.2, 0) is 0 Å². The van der Waals surface area contributed by atoms with Crippen molar-refractivity contribution in [1.29, 1.82) is 0 Å². The van der Waals surface area contributed by atoms with Crippen molar-refractivity contribution in [1.82, 2.24) is 0 Å². The summed E-state index contributed by atoms with van der Waals surface area (Å²) in [6, 6.07) is 1.36. The molecule has 0 bridgehead atoms. The molecule has 0 aliphatic heterocycles. The Labute approximate surface area is 77.6 Å². The average molecular weight is 352 g/mol. The molecule has 0 spiro atoms. The summed E-state index contributed by atoms with van der Waals surface area (Å²) < 4.78 is -0.973. The molecule has 0 saturated carbocycles. The van der Waals surface area contributed by atoms with Gasteiger partial charge in [-0.3, -0.25) is 0 Å². The fourth-order valence-electron chi connectivity index (χ4n) is 0.435. The van der Waals surface area contributed by atoms with Crippen molar-refractivity contribution in [2.45, 2.75) is 19.4 Å².